The summed E-state index contributed by atoms with van der Waals surface area (Å²) in [6, 6.07) is 16.4. The summed E-state index contributed by atoms with van der Waals surface area (Å²) in [4.78, 5) is 39.4. The van der Waals surface area contributed by atoms with Gasteiger partial charge < -0.3 is 20.1 Å². The van der Waals surface area contributed by atoms with Crippen LogP contribution in [0.3, 0.4) is 0 Å². The first-order valence-electron chi connectivity index (χ1n) is 12.1. The zero-order valence-corrected chi connectivity index (χ0v) is 18.9. The van der Waals surface area contributed by atoms with E-state index in [1.807, 2.05) is 24.3 Å². The van der Waals surface area contributed by atoms with E-state index in [0.717, 1.165) is 24.0 Å². The third kappa shape index (κ3) is 3.29. The molecule has 0 radical (unpaired) electrons. The van der Waals surface area contributed by atoms with Gasteiger partial charge in [-0.3, -0.25) is 9.59 Å². The molecule has 3 fully saturated rings. The third-order valence-corrected chi connectivity index (χ3v) is 8.32. The third-order valence-electron chi connectivity index (χ3n) is 8.32. The number of likely N-dealkylation sites (tertiary alicyclic amines) is 1. The van der Waals surface area contributed by atoms with Crippen molar-refractivity contribution in [2.75, 3.05) is 19.7 Å². The predicted octanol–water partition coefficient (Wildman–Crippen LogP) is 3.63. The Bertz CT molecular complexity index is 1110. The van der Waals surface area contributed by atoms with Crippen LogP contribution < -0.4 is 5.32 Å². The number of piperidine rings is 1. The number of carbonyl (C=O) groups is 3. The molecule has 0 spiro atoms. The van der Waals surface area contributed by atoms with Crippen molar-refractivity contribution in [3.8, 4) is 11.1 Å². The maximum Gasteiger partial charge on any atom is 0.408 e. The number of ether oxygens (including phenoxy) is 1. The summed E-state index contributed by atoms with van der Waals surface area (Å²) in [5.41, 5.74) is 3.68. The molecule has 2 saturated carbocycles. The van der Waals surface area contributed by atoms with Gasteiger partial charge in [0.1, 0.15) is 12.1 Å². The minimum Gasteiger partial charge on any atom is -0.481 e. The van der Waals surface area contributed by atoms with Crippen LogP contribution in [0.15, 0.2) is 48.5 Å². The average Bonchev–Trinajstić information content (AvgIpc) is 3.21. The van der Waals surface area contributed by atoms with E-state index < -0.39 is 17.6 Å². The minimum atomic E-state index is -0.946. The minimum absolute atomic E-state index is 0.0352. The van der Waals surface area contributed by atoms with Crippen LogP contribution in [0.5, 0.6) is 0 Å². The van der Waals surface area contributed by atoms with Crippen LogP contribution in [0.4, 0.5) is 4.79 Å². The first-order valence-corrected chi connectivity index (χ1v) is 12.1. The van der Waals surface area contributed by atoms with Crippen molar-refractivity contribution in [3.63, 3.8) is 0 Å². The van der Waals surface area contributed by atoms with Gasteiger partial charge in [-0.25, -0.2) is 4.79 Å². The predicted molar refractivity (Wildman–Crippen MR) is 124 cm³/mol. The number of nitrogens with one attached hydrogen (secondary N) is 1. The van der Waals surface area contributed by atoms with E-state index in [1.165, 1.54) is 11.1 Å². The van der Waals surface area contributed by atoms with E-state index in [9.17, 15) is 19.5 Å². The second-order valence-corrected chi connectivity index (χ2v) is 10.1. The van der Waals surface area contributed by atoms with Gasteiger partial charge in [0.25, 0.3) is 0 Å². The number of carboxylic acid groups (broad SMARTS) is 1. The first kappa shape index (κ1) is 21.2. The zero-order valence-electron chi connectivity index (χ0n) is 18.9. The molecule has 0 aromatic heterocycles. The van der Waals surface area contributed by atoms with Crippen LogP contribution in [0.25, 0.3) is 11.1 Å². The van der Waals surface area contributed by atoms with Crippen LogP contribution >= 0.6 is 0 Å². The molecule has 2 aromatic rings. The fourth-order valence-corrected chi connectivity index (χ4v) is 6.56. The monoisotopic (exact) mass is 460 g/mol. The lowest BCUT2D eigenvalue weighted by Crippen LogP contribution is -2.58. The molecule has 4 aliphatic rings. The van der Waals surface area contributed by atoms with Gasteiger partial charge in [-0.2, -0.15) is 0 Å². The number of alkyl carbamates (subject to hydrolysis) is 1. The lowest BCUT2D eigenvalue weighted by Gasteiger charge is -2.33. The number of hydrogen-bond acceptors (Lipinski definition) is 4. The Labute approximate surface area is 198 Å². The number of hydrogen-bond donors (Lipinski definition) is 2. The first-order chi connectivity index (χ1) is 16.5. The Morgan fingerprint density at radius 1 is 0.941 bits per heavy atom. The summed E-state index contributed by atoms with van der Waals surface area (Å²) in [5.74, 6) is -1.11. The zero-order chi connectivity index (χ0) is 23.4. The van der Waals surface area contributed by atoms with Crippen molar-refractivity contribution in [2.45, 2.75) is 37.1 Å². The molecule has 2 aromatic carbocycles. The van der Waals surface area contributed by atoms with Crippen molar-refractivity contribution < 1.29 is 24.2 Å². The second-order valence-electron chi connectivity index (χ2n) is 10.1. The SMILES string of the molecule is O=C(NC1(C(=O)N2C[C@@H]3C(C(=O)O)[C@@H]3C2)CCCC1)OCC1c2ccccc2-c2ccccc21. The Kier molecular flexibility index (Phi) is 4.90. The van der Waals surface area contributed by atoms with Crippen molar-refractivity contribution in [2.24, 2.45) is 17.8 Å². The van der Waals surface area contributed by atoms with Gasteiger partial charge in [0.05, 0.1) is 5.92 Å². The van der Waals surface area contributed by atoms with Gasteiger partial charge in [-0.05, 0) is 46.9 Å². The maximum absolute atomic E-state index is 13.4. The quantitative estimate of drug-likeness (QED) is 0.711. The van der Waals surface area contributed by atoms with Crippen LogP contribution in [0.2, 0.25) is 0 Å². The highest BCUT2D eigenvalue weighted by atomic mass is 16.5. The molecule has 3 aliphatic carbocycles. The molecule has 176 valence electrons. The molecule has 3 atom stereocenters. The smallest absolute Gasteiger partial charge is 0.408 e. The van der Waals surface area contributed by atoms with Crippen LogP contribution in [-0.2, 0) is 14.3 Å². The second kappa shape index (κ2) is 7.86. The topological polar surface area (TPSA) is 95.9 Å². The van der Waals surface area contributed by atoms with E-state index in [1.54, 1.807) is 4.90 Å². The van der Waals surface area contributed by atoms with E-state index in [0.29, 0.717) is 25.9 Å². The fourth-order valence-electron chi connectivity index (χ4n) is 6.56. The molecule has 2 N–H and O–H groups in total. The van der Waals surface area contributed by atoms with Gasteiger partial charge in [-0.15, -0.1) is 0 Å². The standard InChI is InChI=1S/C27H28N2O5/c30-24(31)23-20-13-29(14-21(20)23)25(32)27(11-5-6-12-27)28-26(33)34-15-22-18-9-3-1-7-16(18)17-8-2-4-10-19(17)22/h1-4,7-10,20-23H,5-6,11-15H2,(H,28,33)(H,30,31)/t20-,21+,23?. The highest BCUT2D eigenvalue weighted by Crippen LogP contribution is 2.52. The highest BCUT2D eigenvalue weighted by Gasteiger charge is 2.62. The fraction of sp³-hybridized carbons (Fsp3) is 0.444. The number of carboxylic acids is 1. The number of carbonyl (C=O) groups excluding carboxylic acids is 2. The number of fused-ring (bicyclic) bond motifs is 4. The highest BCUT2D eigenvalue weighted by molar-refractivity contribution is 5.91. The number of amides is 2. The molecule has 6 rings (SSSR count). The summed E-state index contributed by atoms with van der Waals surface area (Å²) in [6.45, 7) is 1.14. The lowest BCUT2D eigenvalue weighted by molar-refractivity contribution is -0.142. The van der Waals surface area contributed by atoms with E-state index in [2.05, 4.69) is 29.6 Å². The molecule has 34 heavy (non-hydrogen) atoms. The lowest BCUT2D eigenvalue weighted by atomic mass is 9.95. The summed E-state index contributed by atoms with van der Waals surface area (Å²) in [5, 5.41) is 12.2. The number of rotatable bonds is 5. The number of nitrogens with zero attached hydrogens (tertiary/aromatic N) is 1. The van der Waals surface area contributed by atoms with Crippen molar-refractivity contribution in [1.82, 2.24) is 10.2 Å². The maximum atomic E-state index is 13.4. The van der Waals surface area contributed by atoms with Gasteiger partial charge >= 0.3 is 12.1 Å². The van der Waals surface area contributed by atoms with Crippen molar-refractivity contribution in [1.29, 1.82) is 0 Å². The van der Waals surface area contributed by atoms with Crippen LogP contribution in [0, 0.1) is 17.8 Å². The largest absolute Gasteiger partial charge is 0.481 e. The molecular formula is C27H28N2O5. The number of aliphatic carboxylic acids is 1. The molecule has 1 aliphatic heterocycles. The normalized spacial score (nSPS) is 25.9. The Balaban J connectivity index is 1.13. The van der Waals surface area contributed by atoms with E-state index in [4.69, 9.17) is 4.74 Å². The molecule has 2 amide bonds. The van der Waals surface area contributed by atoms with Gasteiger partial charge in [-0.1, -0.05) is 61.4 Å². The molecule has 7 heteroatoms. The Morgan fingerprint density at radius 2 is 1.50 bits per heavy atom. The van der Waals surface area contributed by atoms with E-state index in [-0.39, 0.29) is 36.2 Å². The molecular weight excluding hydrogens is 432 g/mol. The summed E-state index contributed by atoms with van der Waals surface area (Å²) < 4.78 is 5.72. The van der Waals surface area contributed by atoms with Crippen molar-refractivity contribution >= 4 is 18.0 Å². The summed E-state index contributed by atoms with van der Waals surface area (Å²) >= 11 is 0. The summed E-state index contributed by atoms with van der Waals surface area (Å²) in [6.07, 6.45) is 2.35. The molecule has 1 unspecified atom stereocenters. The van der Waals surface area contributed by atoms with Crippen LogP contribution in [0.1, 0.15) is 42.7 Å². The molecule has 1 saturated heterocycles. The number of benzene rings is 2. The van der Waals surface area contributed by atoms with Gasteiger partial charge in [0, 0.05) is 19.0 Å². The molecule has 0 bridgehead atoms. The Hall–Kier alpha value is -3.35. The molecule has 7 nitrogen and oxygen atoms in total. The van der Waals surface area contributed by atoms with Crippen molar-refractivity contribution in [3.05, 3.63) is 59.7 Å². The van der Waals surface area contributed by atoms with E-state index >= 15 is 0 Å². The Morgan fingerprint density at radius 3 is 2.06 bits per heavy atom. The van der Waals surface area contributed by atoms with Crippen LogP contribution in [-0.4, -0.2) is 53.2 Å². The van der Waals surface area contributed by atoms with Gasteiger partial charge in [0.15, 0.2) is 0 Å². The van der Waals surface area contributed by atoms with Gasteiger partial charge in [0.2, 0.25) is 5.91 Å². The average molecular weight is 461 g/mol. The molecule has 1 heterocycles. The summed E-state index contributed by atoms with van der Waals surface area (Å²) in [7, 11) is 0.